The number of rotatable bonds is 5. The summed E-state index contributed by atoms with van der Waals surface area (Å²) in [5, 5.41) is 13.2. The number of nitrogens with zero attached hydrogens (tertiary/aromatic N) is 2. The molecule has 0 saturated carbocycles. The first kappa shape index (κ1) is 17.5. The number of guanidine groups is 1. The van der Waals surface area contributed by atoms with Crippen LogP contribution in [0.15, 0.2) is 4.99 Å². The number of morpholine rings is 1. The molecule has 22 heavy (non-hydrogen) atoms. The summed E-state index contributed by atoms with van der Waals surface area (Å²) in [5.41, 5.74) is -0.105. The lowest BCUT2D eigenvalue weighted by molar-refractivity contribution is -0.0454. The smallest absolute Gasteiger partial charge is 0.193 e. The highest BCUT2D eigenvalue weighted by Gasteiger charge is 2.33. The summed E-state index contributed by atoms with van der Waals surface area (Å²) >= 11 is 0. The molecule has 128 valence electrons. The third-order valence-electron chi connectivity index (χ3n) is 4.51. The van der Waals surface area contributed by atoms with E-state index in [2.05, 4.69) is 15.2 Å². The standard InChI is InChI=1S/C15H29N3O4/c1-16-14(18-5-8-22-13(9-18)10-20-2)17-11-15(12-19)3-6-21-7-4-15/h13,19H,3-12H2,1-2H3,(H,16,17). The number of ether oxygens (including phenoxy) is 3. The van der Waals surface area contributed by atoms with Crippen LogP contribution in [0.25, 0.3) is 0 Å². The first-order valence-electron chi connectivity index (χ1n) is 7.98. The molecule has 7 heteroatoms. The number of methoxy groups -OCH3 is 1. The summed E-state index contributed by atoms with van der Waals surface area (Å²) in [4.78, 5) is 6.57. The van der Waals surface area contributed by atoms with Crippen LogP contribution in [0.4, 0.5) is 0 Å². The van der Waals surface area contributed by atoms with Crippen LogP contribution in [0, 0.1) is 5.41 Å². The maximum Gasteiger partial charge on any atom is 0.193 e. The Kier molecular flexibility index (Phi) is 6.88. The molecular formula is C15H29N3O4. The molecule has 0 bridgehead atoms. The second-order valence-corrected chi connectivity index (χ2v) is 6.07. The van der Waals surface area contributed by atoms with E-state index in [1.807, 2.05) is 0 Å². The van der Waals surface area contributed by atoms with Crippen molar-refractivity contribution < 1.29 is 19.3 Å². The number of aliphatic imine (C=N–C) groups is 1. The zero-order valence-electron chi connectivity index (χ0n) is 13.7. The van der Waals surface area contributed by atoms with Gasteiger partial charge in [0.15, 0.2) is 5.96 Å². The van der Waals surface area contributed by atoms with E-state index in [0.29, 0.717) is 33.0 Å². The predicted octanol–water partition coefficient (Wildman–Crippen LogP) is -0.302. The van der Waals surface area contributed by atoms with Gasteiger partial charge in [0, 0.05) is 52.4 Å². The zero-order chi connectivity index (χ0) is 15.8. The normalized spacial score (nSPS) is 26.0. The van der Waals surface area contributed by atoms with Gasteiger partial charge in [-0.15, -0.1) is 0 Å². The maximum absolute atomic E-state index is 9.76. The molecule has 2 heterocycles. The molecule has 2 N–H and O–H groups in total. The molecule has 2 saturated heterocycles. The third kappa shape index (κ3) is 4.55. The molecule has 0 radical (unpaired) electrons. The predicted molar refractivity (Wildman–Crippen MR) is 84.1 cm³/mol. The average molecular weight is 315 g/mol. The van der Waals surface area contributed by atoms with Gasteiger partial charge in [0.1, 0.15) is 0 Å². The van der Waals surface area contributed by atoms with E-state index in [1.165, 1.54) is 0 Å². The summed E-state index contributed by atoms with van der Waals surface area (Å²) in [6.45, 7) is 5.17. The Hall–Kier alpha value is -0.890. The molecule has 0 amide bonds. The molecule has 2 rings (SSSR count). The summed E-state index contributed by atoms with van der Waals surface area (Å²) in [7, 11) is 3.48. The maximum atomic E-state index is 9.76. The fourth-order valence-corrected chi connectivity index (χ4v) is 2.99. The van der Waals surface area contributed by atoms with Crippen molar-refractivity contribution in [1.82, 2.24) is 10.2 Å². The fourth-order valence-electron chi connectivity index (χ4n) is 2.99. The highest BCUT2D eigenvalue weighted by atomic mass is 16.5. The molecule has 7 nitrogen and oxygen atoms in total. The van der Waals surface area contributed by atoms with Crippen LogP contribution in [0.2, 0.25) is 0 Å². The van der Waals surface area contributed by atoms with Crippen molar-refractivity contribution >= 4 is 5.96 Å². The van der Waals surface area contributed by atoms with Gasteiger partial charge in [0.05, 0.1) is 25.9 Å². The van der Waals surface area contributed by atoms with Gasteiger partial charge in [-0.3, -0.25) is 4.99 Å². The Bertz CT molecular complexity index is 357. The quantitative estimate of drug-likeness (QED) is 0.536. The number of nitrogens with one attached hydrogen (secondary N) is 1. The van der Waals surface area contributed by atoms with Gasteiger partial charge in [-0.1, -0.05) is 0 Å². The van der Waals surface area contributed by atoms with Crippen molar-refractivity contribution in [2.24, 2.45) is 10.4 Å². The molecule has 0 spiro atoms. The van der Waals surface area contributed by atoms with Crippen LogP contribution >= 0.6 is 0 Å². The van der Waals surface area contributed by atoms with Crippen molar-refractivity contribution in [3.05, 3.63) is 0 Å². The molecule has 2 aliphatic heterocycles. The van der Waals surface area contributed by atoms with Crippen molar-refractivity contribution in [3.8, 4) is 0 Å². The van der Waals surface area contributed by atoms with E-state index in [0.717, 1.165) is 31.9 Å². The first-order chi connectivity index (χ1) is 10.7. The number of hydrogen-bond donors (Lipinski definition) is 2. The van der Waals surface area contributed by atoms with Crippen LogP contribution in [0.1, 0.15) is 12.8 Å². The SMILES string of the molecule is CN=C(NCC1(CO)CCOCC1)N1CCOC(COC)C1. The molecular weight excluding hydrogens is 286 g/mol. The first-order valence-corrected chi connectivity index (χ1v) is 7.98. The van der Waals surface area contributed by atoms with E-state index in [-0.39, 0.29) is 18.1 Å². The summed E-state index contributed by atoms with van der Waals surface area (Å²) < 4.78 is 16.3. The minimum absolute atomic E-state index is 0.0761. The van der Waals surface area contributed by atoms with E-state index in [4.69, 9.17) is 14.2 Å². The van der Waals surface area contributed by atoms with E-state index >= 15 is 0 Å². The highest BCUT2D eigenvalue weighted by Crippen LogP contribution is 2.29. The van der Waals surface area contributed by atoms with Crippen LogP contribution in [-0.4, -0.2) is 88.9 Å². The van der Waals surface area contributed by atoms with Gasteiger partial charge in [-0.05, 0) is 12.8 Å². The Morgan fingerprint density at radius 3 is 2.82 bits per heavy atom. The minimum atomic E-state index is -0.105. The van der Waals surface area contributed by atoms with Gasteiger partial charge in [0.25, 0.3) is 0 Å². The van der Waals surface area contributed by atoms with E-state index < -0.39 is 0 Å². The molecule has 1 unspecified atom stereocenters. The summed E-state index contributed by atoms with van der Waals surface area (Å²) in [5.74, 6) is 0.865. The second-order valence-electron chi connectivity index (χ2n) is 6.07. The van der Waals surface area contributed by atoms with Crippen molar-refractivity contribution in [1.29, 1.82) is 0 Å². The topological polar surface area (TPSA) is 75.6 Å². The van der Waals surface area contributed by atoms with Crippen LogP contribution < -0.4 is 5.32 Å². The van der Waals surface area contributed by atoms with Gasteiger partial charge in [-0.2, -0.15) is 0 Å². The number of hydrogen-bond acceptors (Lipinski definition) is 5. The Morgan fingerprint density at radius 2 is 2.18 bits per heavy atom. The summed E-state index contributed by atoms with van der Waals surface area (Å²) in [6.07, 6.45) is 1.83. The lowest BCUT2D eigenvalue weighted by Gasteiger charge is -2.39. The van der Waals surface area contributed by atoms with Gasteiger partial charge in [-0.25, -0.2) is 0 Å². The number of aliphatic hydroxyl groups excluding tert-OH is 1. The third-order valence-corrected chi connectivity index (χ3v) is 4.51. The van der Waals surface area contributed by atoms with Crippen LogP contribution in [-0.2, 0) is 14.2 Å². The lowest BCUT2D eigenvalue weighted by atomic mass is 9.81. The minimum Gasteiger partial charge on any atom is -0.396 e. The zero-order valence-corrected chi connectivity index (χ0v) is 13.7. The van der Waals surface area contributed by atoms with Crippen molar-refractivity contribution in [2.45, 2.75) is 18.9 Å². The molecule has 1 atom stereocenters. The van der Waals surface area contributed by atoms with Crippen LogP contribution in [0.5, 0.6) is 0 Å². The van der Waals surface area contributed by atoms with Gasteiger partial charge in [0.2, 0.25) is 0 Å². The van der Waals surface area contributed by atoms with Gasteiger partial charge < -0.3 is 29.5 Å². The second kappa shape index (κ2) is 8.67. The Labute approximate surface area is 132 Å². The Balaban J connectivity index is 1.88. The summed E-state index contributed by atoms with van der Waals surface area (Å²) in [6, 6.07) is 0. The monoisotopic (exact) mass is 315 g/mol. The van der Waals surface area contributed by atoms with Gasteiger partial charge >= 0.3 is 0 Å². The Morgan fingerprint density at radius 1 is 1.41 bits per heavy atom. The van der Waals surface area contributed by atoms with Crippen molar-refractivity contribution in [3.63, 3.8) is 0 Å². The van der Waals surface area contributed by atoms with Crippen LogP contribution in [0.3, 0.4) is 0 Å². The van der Waals surface area contributed by atoms with E-state index in [1.54, 1.807) is 14.2 Å². The highest BCUT2D eigenvalue weighted by molar-refractivity contribution is 5.80. The molecule has 0 aromatic heterocycles. The fraction of sp³-hybridized carbons (Fsp3) is 0.933. The van der Waals surface area contributed by atoms with E-state index in [9.17, 15) is 5.11 Å². The average Bonchev–Trinajstić information content (AvgIpc) is 2.57. The molecule has 0 aliphatic carbocycles. The lowest BCUT2D eigenvalue weighted by Crippen LogP contribution is -2.54. The molecule has 2 fully saturated rings. The molecule has 2 aliphatic rings. The number of aliphatic hydroxyl groups is 1. The largest absolute Gasteiger partial charge is 0.396 e. The molecule has 0 aromatic carbocycles. The van der Waals surface area contributed by atoms with Crippen molar-refractivity contribution in [2.75, 3.05) is 66.8 Å². The molecule has 0 aromatic rings.